The molecule has 0 bridgehead atoms. The number of hydrogen-bond donors (Lipinski definition) is 2. The van der Waals surface area contributed by atoms with Gasteiger partial charge in [-0.2, -0.15) is 0 Å². The summed E-state index contributed by atoms with van der Waals surface area (Å²) in [4.78, 5) is 23.5. The van der Waals surface area contributed by atoms with Gasteiger partial charge in [0.15, 0.2) is 6.61 Å². The molecule has 2 N–H and O–H groups in total. The maximum absolute atomic E-state index is 13.4. The summed E-state index contributed by atoms with van der Waals surface area (Å²) >= 11 is 0. The highest BCUT2D eigenvalue weighted by atomic mass is 19.1. The van der Waals surface area contributed by atoms with Crippen LogP contribution in [0.1, 0.15) is 21.5 Å². The number of aromatic hydroxyl groups is 1. The summed E-state index contributed by atoms with van der Waals surface area (Å²) in [5.41, 5.74) is 0.860. The zero-order valence-electron chi connectivity index (χ0n) is 12.5. The molecular formula is C17H16FNO4. The van der Waals surface area contributed by atoms with Gasteiger partial charge in [-0.25, -0.2) is 9.18 Å². The quantitative estimate of drug-likeness (QED) is 0.830. The molecule has 0 aliphatic heterocycles. The number of hydrogen-bond acceptors (Lipinski definition) is 4. The highest BCUT2D eigenvalue weighted by Gasteiger charge is 2.15. The lowest BCUT2D eigenvalue weighted by molar-refractivity contribution is -0.124. The zero-order chi connectivity index (χ0) is 16.8. The van der Waals surface area contributed by atoms with Crippen molar-refractivity contribution in [3.05, 3.63) is 65.0 Å². The predicted molar refractivity (Wildman–Crippen MR) is 81.4 cm³/mol. The molecule has 0 unspecified atom stereocenters. The van der Waals surface area contributed by atoms with Crippen LogP contribution >= 0.6 is 0 Å². The molecule has 0 radical (unpaired) electrons. The van der Waals surface area contributed by atoms with Gasteiger partial charge in [0.1, 0.15) is 17.1 Å². The molecule has 0 spiro atoms. The lowest BCUT2D eigenvalue weighted by Gasteiger charge is -2.09. The fourth-order valence-electron chi connectivity index (χ4n) is 1.92. The van der Waals surface area contributed by atoms with Gasteiger partial charge in [-0.05, 0) is 24.6 Å². The summed E-state index contributed by atoms with van der Waals surface area (Å²) in [5.74, 6) is -1.96. The number of rotatable bonds is 5. The molecule has 0 atom stereocenters. The third-order valence-electron chi connectivity index (χ3n) is 3.23. The van der Waals surface area contributed by atoms with E-state index in [2.05, 4.69) is 5.32 Å². The molecule has 120 valence electrons. The minimum absolute atomic E-state index is 0.00124. The molecule has 2 aromatic carbocycles. The van der Waals surface area contributed by atoms with Gasteiger partial charge < -0.3 is 15.2 Å². The summed E-state index contributed by atoms with van der Waals surface area (Å²) in [7, 11) is 0. The zero-order valence-corrected chi connectivity index (χ0v) is 12.5. The first kappa shape index (κ1) is 16.5. The smallest absolute Gasteiger partial charge is 0.342 e. The van der Waals surface area contributed by atoms with Crippen molar-refractivity contribution in [3.8, 4) is 5.75 Å². The topological polar surface area (TPSA) is 75.6 Å². The summed E-state index contributed by atoms with van der Waals surface area (Å²) in [6, 6.07) is 10.7. The van der Waals surface area contributed by atoms with E-state index in [4.69, 9.17) is 4.74 Å². The number of benzene rings is 2. The Balaban J connectivity index is 1.86. The molecule has 0 heterocycles. The maximum Gasteiger partial charge on any atom is 0.342 e. The Morgan fingerprint density at radius 3 is 2.65 bits per heavy atom. The fraction of sp³-hybridized carbons (Fsp3) is 0.176. The lowest BCUT2D eigenvalue weighted by atomic mass is 10.1. The van der Waals surface area contributed by atoms with Crippen molar-refractivity contribution < 1.29 is 23.8 Å². The Morgan fingerprint density at radius 1 is 1.17 bits per heavy atom. The molecule has 0 aliphatic carbocycles. The van der Waals surface area contributed by atoms with Crippen molar-refractivity contribution in [2.75, 3.05) is 6.61 Å². The van der Waals surface area contributed by atoms with Gasteiger partial charge in [0.25, 0.3) is 5.91 Å². The number of nitrogens with one attached hydrogen (secondary N) is 1. The van der Waals surface area contributed by atoms with Crippen LogP contribution in [0.2, 0.25) is 0 Å². The van der Waals surface area contributed by atoms with Crippen LogP contribution in [0.15, 0.2) is 42.5 Å². The van der Waals surface area contributed by atoms with E-state index < -0.39 is 24.3 Å². The summed E-state index contributed by atoms with van der Waals surface area (Å²) in [6.07, 6.45) is 0. The number of amides is 1. The van der Waals surface area contributed by atoms with Crippen molar-refractivity contribution in [2.45, 2.75) is 13.5 Å². The third kappa shape index (κ3) is 4.29. The Hall–Kier alpha value is -2.89. The number of esters is 1. The molecule has 0 aliphatic rings. The minimum atomic E-state index is -0.799. The molecule has 0 saturated carbocycles. The van der Waals surface area contributed by atoms with Gasteiger partial charge >= 0.3 is 5.97 Å². The van der Waals surface area contributed by atoms with Gasteiger partial charge in [-0.3, -0.25) is 4.79 Å². The summed E-state index contributed by atoms with van der Waals surface area (Å²) < 4.78 is 18.2. The van der Waals surface area contributed by atoms with Crippen LogP contribution in [-0.4, -0.2) is 23.6 Å². The summed E-state index contributed by atoms with van der Waals surface area (Å²) in [6.45, 7) is 1.13. The van der Waals surface area contributed by atoms with E-state index in [0.717, 1.165) is 0 Å². The second-order valence-corrected chi connectivity index (χ2v) is 4.92. The first-order chi connectivity index (χ1) is 11.0. The number of carbonyl (C=O) groups excluding carboxylic acids is 2. The van der Waals surface area contributed by atoms with E-state index in [-0.39, 0.29) is 17.9 Å². The second-order valence-electron chi connectivity index (χ2n) is 4.92. The molecule has 2 aromatic rings. The number of phenolic OH excluding ortho intramolecular Hbond substituents is 1. The first-order valence-electron chi connectivity index (χ1n) is 6.95. The third-order valence-corrected chi connectivity index (χ3v) is 3.23. The highest BCUT2D eigenvalue weighted by Crippen LogP contribution is 2.21. The van der Waals surface area contributed by atoms with Crippen LogP contribution in [0, 0.1) is 12.7 Å². The Morgan fingerprint density at radius 2 is 1.91 bits per heavy atom. The number of aryl methyl sites for hydroxylation is 1. The molecule has 0 aromatic heterocycles. The van der Waals surface area contributed by atoms with E-state index in [1.165, 1.54) is 12.1 Å². The molecular weight excluding hydrogens is 301 g/mol. The van der Waals surface area contributed by atoms with Gasteiger partial charge in [-0.15, -0.1) is 0 Å². The van der Waals surface area contributed by atoms with Crippen LogP contribution in [0.3, 0.4) is 0 Å². The van der Waals surface area contributed by atoms with Crippen LogP contribution in [0.4, 0.5) is 4.39 Å². The number of halogens is 1. The molecule has 0 fully saturated rings. The number of ether oxygens (including phenoxy) is 1. The van der Waals surface area contributed by atoms with E-state index >= 15 is 0 Å². The Kier molecular flexibility index (Phi) is 5.30. The predicted octanol–water partition coefficient (Wildman–Crippen LogP) is 2.31. The van der Waals surface area contributed by atoms with Crippen molar-refractivity contribution in [1.29, 1.82) is 0 Å². The average Bonchev–Trinajstić information content (AvgIpc) is 2.54. The monoisotopic (exact) mass is 317 g/mol. The van der Waals surface area contributed by atoms with Crippen LogP contribution in [0.25, 0.3) is 0 Å². The number of phenols is 1. The van der Waals surface area contributed by atoms with Crippen molar-refractivity contribution >= 4 is 11.9 Å². The molecule has 23 heavy (non-hydrogen) atoms. The van der Waals surface area contributed by atoms with Gasteiger partial charge in [-0.1, -0.05) is 30.3 Å². The average molecular weight is 317 g/mol. The molecule has 5 nitrogen and oxygen atoms in total. The summed E-state index contributed by atoms with van der Waals surface area (Å²) in [5, 5.41) is 12.2. The first-order valence-corrected chi connectivity index (χ1v) is 6.95. The second kappa shape index (κ2) is 7.40. The maximum atomic E-state index is 13.4. The normalized spacial score (nSPS) is 10.2. The van der Waals surface area contributed by atoms with Crippen molar-refractivity contribution in [1.82, 2.24) is 5.32 Å². The van der Waals surface area contributed by atoms with Gasteiger partial charge in [0.05, 0.1) is 0 Å². The fourth-order valence-corrected chi connectivity index (χ4v) is 1.92. The van der Waals surface area contributed by atoms with E-state index in [9.17, 15) is 19.1 Å². The molecule has 6 heteroatoms. The molecule has 0 saturated heterocycles. The largest absolute Gasteiger partial charge is 0.507 e. The number of carbonyl (C=O) groups is 2. The number of para-hydroxylation sites is 1. The highest BCUT2D eigenvalue weighted by molar-refractivity contribution is 5.94. The minimum Gasteiger partial charge on any atom is -0.507 e. The van der Waals surface area contributed by atoms with E-state index in [0.29, 0.717) is 11.1 Å². The Labute approximate surface area is 132 Å². The standard InChI is InChI=1S/C17H16FNO4/c1-11-5-4-7-13(16(11)21)17(22)23-10-15(20)19-9-12-6-2-3-8-14(12)18/h2-8,21H,9-10H2,1H3,(H,19,20). The van der Waals surface area contributed by atoms with E-state index in [1.807, 2.05) is 0 Å². The van der Waals surface area contributed by atoms with Crippen LogP contribution in [-0.2, 0) is 16.1 Å². The Bertz CT molecular complexity index is 730. The van der Waals surface area contributed by atoms with Gasteiger partial charge in [0, 0.05) is 12.1 Å². The van der Waals surface area contributed by atoms with Crippen molar-refractivity contribution in [2.24, 2.45) is 0 Å². The van der Waals surface area contributed by atoms with E-state index in [1.54, 1.807) is 37.3 Å². The van der Waals surface area contributed by atoms with Crippen LogP contribution in [0.5, 0.6) is 5.75 Å². The van der Waals surface area contributed by atoms with Crippen molar-refractivity contribution in [3.63, 3.8) is 0 Å². The SMILES string of the molecule is Cc1cccc(C(=O)OCC(=O)NCc2ccccc2F)c1O. The molecule has 2 rings (SSSR count). The lowest BCUT2D eigenvalue weighted by Crippen LogP contribution is -2.28. The van der Waals surface area contributed by atoms with Gasteiger partial charge in [0.2, 0.25) is 0 Å². The van der Waals surface area contributed by atoms with Crippen LogP contribution < -0.4 is 5.32 Å². The molecule has 1 amide bonds.